The van der Waals surface area contributed by atoms with Crippen molar-refractivity contribution in [2.45, 2.75) is 46.3 Å². The highest BCUT2D eigenvalue weighted by Crippen LogP contribution is 2.22. The summed E-state index contributed by atoms with van der Waals surface area (Å²) in [7, 11) is 0. The molecule has 0 bridgehead atoms. The van der Waals surface area contributed by atoms with Crippen LogP contribution in [0.3, 0.4) is 0 Å². The van der Waals surface area contributed by atoms with Crippen LogP contribution in [0.5, 0.6) is 0 Å². The van der Waals surface area contributed by atoms with Gasteiger partial charge in [0.25, 0.3) is 0 Å². The van der Waals surface area contributed by atoms with Gasteiger partial charge in [0.05, 0.1) is 19.3 Å². The monoisotopic (exact) mass is 279 g/mol. The summed E-state index contributed by atoms with van der Waals surface area (Å²) in [5.41, 5.74) is 8.58. The standard InChI is InChI=1S/C17H29NO2/c1-5-16(18)17(15-8-6-14(4)7-9-15)20-11-10-19-12-13(2)3/h6-9,13,16-17H,5,10-12,18H2,1-4H3. The Hall–Kier alpha value is -0.900. The Kier molecular flexibility index (Phi) is 7.82. The van der Waals surface area contributed by atoms with Crippen LogP contribution in [0.4, 0.5) is 0 Å². The normalized spacial score (nSPS) is 14.5. The molecular formula is C17H29NO2. The summed E-state index contributed by atoms with van der Waals surface area (Å²) >= 11 is 0. The van der Waals surface area contributed by atoms with Crippen LogP contribution in [0.1, 0.15) is 44.4 Å². The highest BCUT2D eigenvalue weighted by Gasteiger charge is 2.18. The first-order valence-corrected chi connectivity index (χ1v) is 7.56. The Balaban J connectivity index is 2.50. The average Bonchev–Trinajstić information content (AvgIpc) is 2.43. The number of nitrogens with two attached hydrogens (primary N) is 1. The van der Waals surface area contributed by atoms with Gasteiger partial charge in [0.15, 0.2) is 0 Å². The van der Waals surface area contributed by atoms with E-state index < -0.39 is 0 Å². The second-order valence-electron chi connectivity index (χ2n) is 5.74. The minimum atomic E-state index is -0.0525. The second-order valence-corrected chi connectivity index (χ2v) is 5.74. The first-order valence-electron chi connectivity index (χ1n) is 7.56. The van der Waals surface area contributed by atoms with Crippen molar-refractivity contribution in [3.05, 3.63) is 35.4 Å². The lowest BCUT2D eigenvalue weighted by Crippen LogP contribution is -2.30. The summed E-state index contributed by atoms with van der Waals surface area (Å²) in [6.07, 6.45) is 0.842. The zero-order chi connectivity index (χ0) is 15.0. The second kappa shape index (κ2) is 9.11. The van der Waals surface area contributed by atoms with Crippen LogP contribution in [0.15, 0.2) is 24.3 Å². The molecular weight excluding hydrogens is 250 g/mol. The summed E-state index contributed by atoms with van der Waals surface area (Å²) in [5.74, 6) is 0.556. The van der Waals surface area contributed by atoms with Crippen LogP contribution in [0.25, 0.3) is 0 Å². The summed E-state index contributed by atoms with van der Waals surface area (Å²) in [5, 5.41) is 0. The topological polar surface area (TPSA) is 44.5 Å². The Labute approximate surface area is 123 Å². The molecule has 0 amide bonds. The molecule has 0 saturated heterocycles. The SMILES string of the molecule is CCC(N)C(OCCOCC(C)C)c1ccc(C)cc1. The van der Waals surface area contributed by atoms with Gasteiger partial charge in [-0.2, -0.15) is 0 Å². The Morgan fingerprint density at radius 2 is 1.75 bits per heavy atom. The predicted octanol–water partition coefficient (Wildman–Crippen LogP) is 3.46. The van der Waals surface area contributed by atoms with E-state index in [1.807, 2.05) is 0 Å². The van der Waals surface area contributed by atoms with Gasteiger partial charge in [0, 0.05) is 12.6 Å². The third-order valence-corrected chi connectivity index (χ3v) is 3.24. The summed E-state index contributed by atoms with van der Waals surface area (Å²) in [6.45, 7) is 10.4. The zero-order valence-electron chi connectivity index (χ0n) is 13.3. The maximum atomic E-state index is 6.18. The molecule has 0 spiro atoms. The van der Waals surface area contributed by atoms with Crippen molar-refractivity contribution in [1.82, 2.24) is 0 Å². The number of ether oxygens (including phenoxy) is 2. The molecule has 2 unspecified atom stereocenters. The van der Waals surface area contributed by atoms with Crippen molar-refractivity contribution in [1.29, 1.82) is 0 Å². The van der Waals surface area contributed by atoms with Gasteiger partial charge in [-0.3, -0.25) is 0 Å². The Morgan fingerprint density at radius 1 is 1.10 bits per heavy atom. The van der Waals surface area contributed by atoms with Gasteiger partial charge < -0.3 is 15.2 Å². The molecule has 0 aliphatic rings. The lowest BCUT2D eigenvalue weighted by molar-refractivity contribution is -0.0123. The van der Waals surface area contributed by atoms with E-state index in [1.54, 1.807) is 0 Å². The van der Waals surface area contributed by atoms with Gasteiger partial charge in [-0.15, -0.1) is 0 Å². The zero-order valence-corrected chi connectivity index (χ0v) is 13.3. The molecule has 0 saturated carbocycles. The molecule has 3 nitrogen and oxygen atoms in total. The van der Waals surface area contributed by atoms with Gasteiger partial charge in [0.2, 0.25) is 0 Å². The number of benzene rings is 1. The smallest absolute Gasteiger partial charge is 0.0976 e. The number of aryl methyl sites for hydroxylation is 1. The van der Waals surface area contributed by atoms with Gasteiger partial charge in [-0.1, -0.05) is 50.6 Å². The summed E-state index contributed by atoms with van der Waals surface area (Å²) in [6, 6.07) is 8.42. The third kappa shape index (κ3) is 6.04. The van der Waals surface area contributed by atoms with E-state index in [0.29, 0.717) is 19.1 Å². The number of hydrogen-bond acceptors (Lipinski definition) is 3. The van der Waals surface area contributed by atoms with E-state index in [0.717, 1.165) is 18.6 Å². The van der Waals surface area contributed by atoms with Gasteiger partial charge in [-0.25, -0.2) is 0 Å². The van der Waals surface area contributed by atoms with Crippen LogP contribution in [-0.2, 0) is 9.47 Å². The molecule has 1 aromatic rings. The van der Waals surface area contributed by atoms with Crippen LogP contribution < -0.4 is 5.73 Å². The molecule has 2 N–H and O–H groups in total. The largest absolute Gasteiger partial charge is 0.379 e. The van der Waals surface area contributed by atoms with Crippen molar-refractivity contribution >= 4 is 0 Å². The van der Waals surface area contributed by atoms with E-state index in [-0.39, 0.29) is 12.1 Å². The first-order chi connectivity index (χ1) is 9.54. The van der Waals surface area contributed by atoms with E-state index >= 15 is 0 Å². The molecule has 3 heteroatoms. The molecule has 2 atom stereocenters. The average molecular weight is 279 g/mol. The molecule has 114 valence electrons. The fourth-order valence-corrected chi connectivity index (χ4v) is 1.99. The minimum absolute atomic E-state index is 0.0165. The Morgan fingerprint density at radius 3 is 2.30 bits per heavy atom. The maximum Gasteiger partial charge on any atom is 0.0976 e. The van der Waals surface area contributed by atoms with E-state index in [2.05, 4.69) is 52.0 Å². The van der Waals surface area contributed by atoms with E-state index in [9.17, 15) is 0 Å². The molecule has 20 heavy (non-hydrogen) atoms. The van der Waals surface area contributed by atoms with E-state index in [4.69, 9.17) is 15.2 Å². The van der Waals surface area contributed by atoms with Crippen LogP contribution in [0, 0.1) is 12.8 Å². The van der Waals surface area contributed by atoms with Gasteiger partial charge >= 0.3 is 0 Å². The summed E-state index contributed by atoms with van der Waals surface area (Å²) in [4.78, 5) is 0. The predicted molar refractivity (Wildman–Crippen MR) is 83.8 cm³/mol. The minimum Gasteiger partial charge on any atom is -0.379 e. The van der Waals surface area contributed by atoms with Crippen LogP contribution in [-0.4, -0.2) is 25.9 Å². The fourth-order valence-electron chi connectivity index (χ4n) is 1.99. The quantitative estimate of drug-likeness (QED) is 0.704. The van der Waals surface area contributed by atoms with Crippen LogP contribution in [0.2, 0.25) is 0 Å². The highest BCUT2D eigenvalue weighted by atomic mass is 16.5. The number of hydrogen-bond donors (Lipinski definition) is 1. The van der Waals surface area contributed by atoms with Gasteiger partial charge in [-0.05, 0) is 24.8 Å². The lowest BCUT2D eigenvalue weighted by atomic mass is 10.00. The third-order valence-electron chi connectivity index (χ3n) is 3.24. The lowest BCUT2D eigenvalue weighted by Gasteiger charge is -2.24. The molecule has 0 aliphatic heterocycles. The van der Waals surface area contributed by atoms with Crippen molar-refractivity contribution in [2.75, 3.05) is 19.8 Å². The van der Waals surface area contributed by atoms with Crippen molar-refractivity contribution in [2.24, 2.45) is 11.7 Å². The molecule has 1 rings (SSSR count). The molecule has 0 aromatic heterocycles. The fraction of sp³-hybridized carbons (Fsp3) is 0.647. The highest BCUT2D eigenvalue weighted by molar-refractivity contribution is 5.24. The van der Waals surface area contributed by atoms with Crippen molar-refractivity contribution < 1.29 is 9.47 Å². The van der Waals surface area contributed by atoms with Crippen LogP contribution >= 0.6 is 0 Å². The number of rotatable bonds is 9. The first kappa shape index (κ1) is 17.2. The van der Waals surface area contributed by atoms with Crippen molar-refractivity contribution in [3.63, 3.8) is 0 Å². The molecule has 1 aromatic carbocycles. The van der Waals surface area contributed by atoms with Gasteiger partial charge in [0.1, 0.15) is 0 Å². The maximum absolute atomic E-state index is 6.18. The Bertz CT molecular complexity index is 362. The summed E-state index contributed by atoms with van der Waals surface area (Å²) < 4.78 is 11.5. The molecule has 0 heterocycles. The van der Waals surface area contributed by atoms with Crippen molar-refractivity contribution in [3.8, 4) is 0 Å². The molecule has 0 fully saturated rings. The molecule has 0 aliphatic carbocycles. The van der Waals surface area contributed by atoms with E-state index in [1.165, 1.54) is 5.56 Å². The molecule has 0 radical (unpaired) electrons.